The summed E-state index contributed by atoms with van der Waals surface area (Å²) in [5, 5.41) is 1.95. The molecule has 0 bridgehead atoms. The van der Waals surface area contributed by atoms with E-state index in [1.54, 1.807) is 11.3 Å². The molecule has 94 valence electrons. The van der Waals surface area contributed by atoms with Crippen molar-refractivity contribution in [1.82, 2.24) is 15.4 Å². The van der Waals surface area contributed by atoms with Crippen LogP contribution in [0.5, 0.6) is 0 Å². The summed E-state index contributed by atoms with van der Waals surface area (Å²) in [6, 6.07) is 5.73. The smallest absolute Gasteiger partial charge is 0.243 e. The number of anilines is 1. The summed E-state index contributed by atoms with van der Waals surface area (Å²) in [6.45, 7) is 3.76. The Labute approximate surface area is 109 Å². The summed E-state index contributed by atoms with van der Waals surface area (Å²) in [5.41, 5.74) is 7.02. The molecule has 0 aliphatic carbocycles. The van der Waals surface area contributed by atoms with Crippen LogP contribution in [-0.4, -0.2) is 15.9 Å². The fourth-order valence-corrected chi connectivity index (χ4v) is 2.23. The molecule has 18 heavy (non-hydrogen) atoms. The lowest BCUT2D eigenvalue weighted by Crippen LogP contribution is -2.31. The normalized spacial score (nSPS) is 10.1. The number of nitrogens with zero attached hydrogens (tertiary/aromatic N) is 2. The lowest BCUT2D eigenvalue weighted by atomic mass is 10.3. The molecule has 2 N–H and O–H groups in total. The maximum absolute atomic E-state index is 11.6. The molecule has 0 aliphatic rings. The quantitative estimate of drug-likeness (QED) is 0.825. The second-order valence-corrected chi connectivity index (χ2v) is 4.94. The molecule has 0 aromatic carbocycles. The van der Waals surface area contributed by atoms with Gasteiger partial charge in [0.2, 0.25) is 11.9 Å². The molecule has 5 nitrogen and oxygen atoms in total. The first-order valence-corrected chi connectivity index (χ1v) is 6.41. The van der Waals surface area contributed by atoms with Gasteiger partial charge in [-0.1, -0.05) is 6.07 Å². The van der Waals surface area contributed by atoms with Gasteiger partial charge < -0.3 is 0 Å². The van der Waals surface area contributed by atoms with Crippen molar-refractivity contribution in [2.45, 2.75) is 20.3 Å². The second-order valence-electron chi connectivity index (χ2n) is 3.90. The van der Waals surface area contributed by atoms with E-state index in [4.69, 9.17) is 0 Å². The van der Waals surface area contributed by atoms with Crippen LogP contribution in [0.15, 0.2) is 23.6 Å². The van der Waals surface area contributed by atoms with Crippen molar-refractivity contribution in [2.75, 3.05) is 5.43 Å². The third-order valence-corrected chi connectivity index (χ3v) is 3.09. The number of amides is 1. The minimum atomic E-state index is -0.111. The fourth-order valence-electron chi connectivity index (χ4n) is 1.52. The van der Waals surface area contributed by atoms with Gasteiger partial charge in [-0.2, -0.15) is 0 Å². The van der Waals surface area contributed by atoms with E-state index in [1.807, 2.05) is 37.4 Å². The molecular weight excluding hydrogens is 248 g/mol. The molecule has 0 saturated heterocycles. The van der Waals surface area contributed by atoms with Crippen molar-refractivity contribution in [3.05, 3.63) is 39.8 Å². The van der Waals surface area contributed by atoms with Crippen molar-refractivity contribution in [1.29, 1.82) is 0 Å². The number of hydrogen-bond donors (Lipinski definition) is 2. The van der Waals surface area contributed by atoms with Gasteiger partial charge in [0.1, 0.15) is 0 Å². The first-order valence-electron chi connectivity index (χ1n) is 5.53. The summed E-state index contributed by atoms with van der Waals surface area (Å²) in [7, 11) is 0. The van der Waals surface area contributed by atoms with Crippen molar-refractivity contribution in [3.8, 4) is 0 Å². The first-order chi connectivity index (χ1) is 8.63. The van der Waals surface area contributed by atoms with Crippen LogP contribution in [0.1, 0.15) is 16.3 Å². The third kappa shape index (κ3) is 3.53. The van der Waals surface area contributed by atoms with Gasteiger partial charge in [0.25, 0.3) is 0 Å². The van der Waals surface area contributed by atoms with Crippen LogP contribution in [-0.2, 0) is 11.2 Å². The molecule has 1 amide bonds. The Hall–Kier alpha value is -1.95. The van der Waals surface area contributed by atoms with E-state index in [9.17, 15) is 4.79 Å². The van der Waals surface area contributed by atoms with Gasteiger partial charge >= 0.3 is 0 Å². The monoisotopic (exact) mass is 262 g/mol. The number of aryl methyl sites for hydroxylation is 2. The summed E-state index contributed by atoms with van der Waals surface area (Å²) >= 11 is 1.56. The lowest BCUT2D eigenvalue weighted by molar-refractivity contribution is -0.119. The molecular formula is C12H14N4OS. The zero-order valence-corrected chi connectivity index (χ0v) is 11.0. The van der Waals surface area contributed by atoms with Crippen LogP contribution >= 0.6 is 11.3 Å². The van der Waals surface area contributed by atoms with Crippen molar-refractivity contribution < 1.29 is 4.79 Å². The Morgan fingerprint density at radius 1 is 1.33 bits per heavy atom. The molecule has 0 spiro atoms. The molecule has 2 heterocycles. The Morgan fingerprint density at radius 2 is 2.06 bits per heavy atom. The van der Waals surface area contributed by atoms with Crippen LogP contribution in [0.3, 0.4) is 0 Å². The summed E-state index contributed by atoms with van der Waals surface area (Å²) < 4.78 is 0. The summed E-state index contributed by atoms with van der Waals surface area (Å²) in [4.78, 5) is 21.0. The predicted octanol–water partition coefficient (Wildman–Crippen LogP) is 1.84. The molecule has 2 aromatic heterocycles. The van der Waals surface area contributed by atoms with Gasteiger partial charge in [0.05, 0.1) is 6.42 Å². The van der Waals surface area contributed by atoms with E-state index >= 15 is 0 Å². The number of hydrogen-bond acceptors (Lipinski definition) is 5. The second kappa shape index (κ2) is 5.59. The lowest BCUT2D eigenvalue weighted by Gasteiger charge is -2.07. The van der Waals surface area contributed by atoms with Gasteiger partial charge in [0.15, 0.2) is 0 Å². The SMILES string of the molecule is Cc1cc(C)nc(NNC(=O)Cc2cccs2)n1. The van der Waals surface area contributed by atoms with E-state index in [2.05, 4.69) is 20.8 Å². The Kier molecular flexibility index (Phi) is 3.88. The van der Waals surface area contributed by atoms with Crippen LogP contribution in [0.4, 0.5) is 5.95 Å². The predicted molar refractivity (Wildman–Crippen MR) is 71.3 cm³/mol. The molecule has 2 rings (SSSR count). The number of carbonyl (C=O) groups is 1. The number of hydrazine groups is 1. The summed E-state index contributed by atoms with van der Waals surface area (Å²) in [5.74, 6) is 0.298. The maximum Gasteiger partial charge on any atom is 0.243 e. The highest BCUT2D eigenvalue weighted by Crippen LogP contribution is 2.08. The van der Waals surface area contributed by atoms with Crippen LogP contribution in [0, 0.1) is 13.8 Å². The number of carbonyl (C=O) groups excluding carboxylic acids is 1. The van der Waals surface area contributed by atoms with Gasteiger partial charge in [-0.05, 0) is 31.4 Å². The van der Waals surface area contributed by atoms with E-state index in [1.165, 1.54) is 0 Å². The average Bonchev–Trinajstić information content (AvgIpc) is 2.78. The first kappa shape index (κ1) is 12.5. The van der Waals surface area contributed by atoms with E-state index < -0.39 is 0 Å². The van der Waals surface area contributed by atoms with Gasteiger partial charge in [-0.15, -0.1) is 11.3 Å². The Bertz CT molecular complexity index is 519. The fraction of sp³-hybridized carbons (Fsp3) is 0.250. The molecule has 0 saturated carbocycles. The van der Waals surface area contributed by atoms with Crippen molar-refractivity contribution in [2.24, 2.45) is 0 Å². The highest BCUT2D eigenvalue weighted by atomic mass is 32.1. The minimum Gasteiger partial charge on any atom is -0.273 e. The highest BCUT2D eigenvalue weighted by molar-refractivity contribution is 7.10. The molecule has 0 atom stereocenters. The van der Waals surface area contributed by atoms with Crippen LogP contribution in [0.25, 0.3) is 0 Å². The standard InChI is InChI=1S/C12H14N4OS/c1-8-6-9(2)14-12(13-8)16-15-11(17)7-10-4-3-5-18-10/h3-6H,7H2,1-2H3,(H,15,17)(H,13,14,16). The topological polar surface area (TPSA) is 66.9 Å². The molecule has 0 radical (unpaired) electrons. The van der Waals surface area contributed by atoms with Gasteiger partial charge in [0, 0.05) is 16.3 Å². The van der Waals surface area contributed by atoms with Crippen molar-refractivity contribution in [3.63, 3.8) is 0 Å². The average molecular weight is 262 g/mol. The van der Waals surface area contributed by atoms with Crippen LogP contribution < -0.4 is 10.9 Å². The number of thiophene rings is 1. The molecule has 0 aliphatic heterocycles. The number of nitrogens with one attached hydrogen (secondary N) is 2. The van der Waals surface area contributed by atoms with Gasteiger partial charge in [-0.3, -0.25) is 15.6 Å². The molecule has 0 unspecified atom stereocenters. The Morgan fingerprint density at radius 3 is 2.67 bits per heavy atom. The van der Waals surface area contributed by atoms with E-state index in [0.29, 0.717) is 12.4 Å². The maximum atomic E-state index is 11.6. The van der Waals surface area contributed by atoms with Crippen LogP contribution in [0.2, 0.25) is 0 Å². The zero-order chi connectivity index (χ0) is 13.0. The molecule has 2 aromatic rings. The van der Waals surface area contributed by atoms with E-state index in [-0.39, 0.29) is 5.91 Å². The summed E-state index contributed by atoms with van der Waals surface area (Å²) in [6.07, 6.45) is 0.357. The zero-order valence-electron chi connectivity index (χ0n) is 10.2. The molecule has 6 heteroatoms. The number of aromatic nitrogens is 2. The highest BCUT2D eigenvalue weighted by Gasteiger charge is 2.05. The molecule has 0 fully saturated rings. The third-order valence-electron chi connectivity index (χ3n) is 2.21. The number of rotatable bonds is 4. The largest absolute Gasteiger partial charge is 0.273 e. The van der Waals surface area contributed by atoms with Crippen molar-refractivity contribution >= 4 is 23.2 Å². The Balaban J connectivity index is 1.89. The van der Waals surface area contributed by atoms with Gasteiger partial charge in [-0.25, -0.2) is 9.97 Å². The van der Waals surface area contributed by atoms with E-state index in [0.717, 1.165) is 16.3 Å². The minimum absolute atomic E-state index is 0.111.